The molecule has 2 heterocycles. The second-order valence-electron chi connectivity index (χ2n) is 2.56. The van der Waals surface area contributed by atoms with Gasteiger partial charge >= 0.3 is 0 Å². The van der Waals surface area contributed by atoms with Crippen molar-refractivity contribution < 1.29 is 0 Å². The first kappa shape index (κ1) is 6.44. The lowest BCUT2D eigenvalue weighted by Crippen LogP contribution is -2.47. The van der Waals surface area contributed by atoms with Crippen molar-refractivity contribution in [1.29, 1.82) is 0 Å². The summed E-state index contributed by atoms with van der Waals surface area (Å²) in [7, 11) is 1.88. The molecule has 0 aliphatic carbocycles. The van der Waals surface area contributed by atoms with E-state index in [4.69, 9.17) is 11.6 Å². The van der Waals surface area contributed by atoms with E-state index in [1.807, 2.05) is 12.1 Å². The van der Waals surface area contributed by atoms with Crippen molar-refractivity contribution in [2.45, 2.75) is 6.54 Å². The van der Waals surface area contributed by atoms with Gasteiger partial charge in [-0.2, -0.15) is 14.9 Å². The topological polar surface area (TPSA) is 76.3 Å². The van der Waals surface area contributed by atoms with E-state index in [1.54, 1.807) is 10.9 Å². The number of anilines is 1. The highest BCUT2D eigenvalue weighted by atomic mass is 16.0. The maximum Gasteiger partial charge on any atom is 0.222 e. The lowest BCUT2D eigenvalue weighted by Gasteiger charge is -2.21. The zero-order valence-corrected chi connectivity index (χ0v) is 6.23. The van der Waals surface area contributed by atoms with Crippen LogP contribution in [0.2, 0.25) is 0 Å². The van der Waals surface area contributed by atoms with Crippen LogP contribution in [-0.4, -0.2) is 21.7 Å². The minimum atomic E-state index is 0.423. The van der Waals surface area contributed by atoms with Crippen LogP contribution in [0.1, 0.15) is 5.69 Å². The van der Waals surface area contributed by atoms with Gasteiger partial charge in [0.25, 0.3) is 0 Å². The average Bonchev–Trinajstić information content (AvgIpc) is 2.41. The van der Waals surface area contributed by atoms with Crippen molar-refractivity contribution in [3.05, 3.63) is 11.9 Å². The van der Waals surface area contributed by atoms with Gasteiger partial charge in [-0.05, 0) is 0 Å². The lowest BCUT2D eigenvalue weighted by molar-refractivity contribution is 0.282. The Morgan fingerprint density at radius 3 is 3.00 bits per heavy atom. The number of hydrazine groups is 2. The fourth-order valence-corrected chi connectivity index (χ4v) is 1.20. The summed E-state index contributed by atoms with van der Waals surface area (Å²) in [6.07, 6.45) is 1.72. The Morgan fingerprint density at radius 1 is 1.64 bits per heavy atom. The Hall–Kier alpha value is -1.27. The van der Waals surface area contributed by atoms with Crippen molar-refractivity contribution >= 4 is 5.95 Å². The molecule has 1 aromatic heterocycles. The molecule has 1 aliphatic rings. The molecule has 0 spiro atoms. The summed E-state index contributed by atoms with van der Waals surface area (Å²) >= 11 is 0. The number of hydrogen-bond donors (Lipinski definition) is 2. The number of imidazole rings is 1. The Balaban J connectivity index is 2.49. The monoisotopic (exact) mass is 154 g/mol. The average molecular weight is 154 g/mol. The summed E-state index contributed by atoms with van der Waals surface area (Å²) in [5.74, 6) is 6.06. The van der Waals surface area contributed by atoms with Crippen LogP contribution in [-0.2, 0) is 6.54 Å². The summed E-state index contributed by atoms with van der Waals surface area (Å²) in [4.78, 5) is 3.92. The van der Waals surface area contributed by atoms with Crippen molar-refractivity contribution in [3.8, 4) is 0 Å². The van der Waals surface area contributed by atoms with E-state index >= 15 is 0 Å². The molecule has 11 heavy (non-hydrogen) atoms. The summed E-state index contributed by atoms with van der Waals surface area (Å²) in [5.41, 5.74) is 6.56. The minimum absolute atomic E-state index is 0.423. The largest absolute Gasteiger partial charge is 0.368 e. The van der Waals surface area contributed by atoms with Crippen LogP contribution in [0.3, 0.4) is 0 Å². The fourth-order valence-electron chi connectivity index (χ4n) is 1.20. The van der Waals surface area contributed by atoms with E-state index in [9.17, 15) is 0 Å². The van der Waals surface area contributed by atoms with Gasteiger partial charge in [0.05, 0.1) is 18.4 Å². The highest BCUT2D eigenvalue weighted by Crippen LogP contribution is 2.15. The maximum absolute atomic E-state index is 5.64. The summed E-state index contributed by atoms with van der Waals surface area (Å²) in [6, 6.07) is 0. The molecular weight excluding hydrogens is 144 g/mol. The van der Waals surface area contributed by atoms with Gasteiger partial charge in [-0.3, -0.25) is 0 Å². The predicted octanol–water partition coefficient (Wildman–Crippen LogP) is -1.36. The normalized spacial score (nSPS) is 17.5. The molecule has 0 atom stereocenters. The fraction of sp³-hybridized carbons (Fsp3) is 0.400. The first-order valence-corrected chi connectivity index (χ1v) is 3.28. The number of nitrogen functional groups attached to an aromatic ring is 1. The molecule has 1 aliphatic heterocycles. The van der Waals surface area contributed by atoms with Gasteiger partial charge in [0, 0.05) is 7.05 Å². The Labute approximate surface area is 63.9 Å². The smallest absolute Gasteiger partial charge is 0.222 e. The van der Waals surface area contributed by atoms with Crippen LogP contribution in [0.4, 0.5) is 5.95 Å². The van der Waals surface area contributed by atoms with Crippen LogP contribution in [0.25, 0.3) is 0 Å². The summed E-state index contributed by atoms with van der Waals surface area (Å²) in [5, 5.41) is 3.28. The Bertz CT molecular complexity index is 279. The Kier molecular flexibility index (Phi) is 1.09. The van der Waals surface area contributed by atoms with Gasteiger partial charge in [-0.1, -0.05) is 0 Å². The SMILES string of the molecule is CN1Cc2cnc(N)n2N1N. The number of rotatable bonds is 0. The van der Waals surface area contributed by atoms with Crippen molar-refractivity contribution in [2.75, 3.05) is 18.0 Å². The second-order valence-corrected chi connectivity index (χ2v) is 2.56. The van der Waals surface area contributed by atoms with E-state index in [-0.39, 0.29) is 0 Å². The highest BCUT2D eigenvalue weighted by molar-refractivity contribution is 5.26. The Morgan fingerprint density at radius 2 is 2.36 bits per heavy atom. The molecule has 4 N–H and O–H groups in total. The van der Waals surface area contributed by atoms with Gasteiger partial charge in [0.15, 0.2) is 0 Å². The van der Waals surface area contributed by atoms with E-state index in [2.05, 4.69) is 4.98 Å². The predicted molar refractivity (Wildman–Crippen MR) is 40.5 cm³/mol. The van der Waals surface area contributed by atoms with Gasteiger partial charge in [0.2, 0.25) is 5.95 Å². The third kappa shape index (κ3) is 0.702. The molecule has 6 heteroatoms. The minimum Gasteiger partial charge on any atom is -0.368 e. The molecule has 0 unspecified atom stereocenters. The number of hydrogen-bond acceptors (Lipinski definition) is 5. The zero-order valence-electron chi connectivity index (χ0n) is 6.23. The molecule has 0 saturated carbocycles. The molecule has 0 radical (unpaired) electrons. The number of fused-ring (bicyclic) bond motifs is 1. The zero-order chi connectivity index (χ0) is 8.01. The maximum atomic E-state index is 5.64. The van der Waals surface area contributed by atoms with E-state index in [1.165, 1.54) is 5.23 Å². The first-order valence-electron chi connectivity index (χ1n) is 3.28. The van der Waals surface area contributed by atoms with Crippen molar-refractivity contribution in [2.24, 2.45) is 5.84 Å². The van der Waals surface area contributed by atoms with E-state index < -0.39 is 0 Å². The third-order valence-electron chi connectivity index (χ3n) is 1.78. The molecule has 6 nitrogen and oxygen atoms in total. The van der Waals surface area contributed by atoms with Gasteiger partial charge in [-0.25, -0.2) is 10.8 Å². The molecule has 0 amide bonds. The quantitative estimate of drug-likeness (QED) is 0.451. The van der Waals surface area contributed by atoms with Crippen molar-refractivity contribution in [1.82, 2.24) is 14.7 Å². The summed E-state index contributed by atoms with van der Waals surface area (Å²) < 4.78 is 1.67. The van der Waals surface area contributed by atoms with Crippen LogP contribution >= 0.6 is 0 Å². The molecule has 60 valence electrons. The molecule has 0 fully saturated rings. The van der Waals surface area contributed by atoms with Gasteiger partial charge < -0.3 is 5.73 Å². The van der Waals surface area contributed by atoms with Gasteiger partial charge in [-0.15, -0.1) is 0 Å². The van der Waals surface area contributed by atoms with E-state index in [0.717, 1.165) is 12.2 Å². The number of nitrogens with zero attached hydrogens (tertiary/aromatic N) is 4. The molecule has 0 bridgehead atoms. The molecule has 0 aromatic carbocycles. The third-order valence-corrected chi connectivity index (χ3v) is 1.78. The van der Waals surface area contributed by atoms with Gasteiger partial charge in [0.1, 0.15) is 0 Å². The van der Waals surface area contributed by atoms with Crippen LogP contribution < -0.4 is 16.8 Å². The standard InChI is InChI=1S/C5H10N6/c1-9-3-4-2-8-5(6)10(4)11(9)7/h2H,3,7H2,1H3,(H2,6,8). The van der Waals surface area contributed by atoms with E-state index in [0.29, 0.717) is 5.95 Å². The molecule has 1 aromatic rings. The first-order chi connectivity index (χ1) is 5.20. The van der Waals surface area contributed by atoms with Crippen LogP contribution in [0.15, 0.2) is 6.20 Å². The van der Waals surface area contributed by atoms with Crippen LogP contribution in [0, 0.1) is 0 Å². The molecular formula is C5H10N6. The molecule has 0 saturated heterocycles. The summed E-state index contributed by atoms with van der Waals surface area (Å²) in [6.45, 7) is 0.751. The van der Waals surface area contributed by atoms with Crippen molar-refractivity contribution in [3.63, 3.8) is 0 Å². The lowest BCUT2D eigenvalue weighted by atomic mass is 10.5. The number of aromatic nitrogens is 2. The highest BCUT2D eigenvalue weighted by Gasteiger charge is 2.23. The number of nitrogens with two attached hydrogens (primary N) is 2. The van der Waals surface area contributed by atoms with Crippen LogP contribution in [0.5, 0.6) is 0 Å². The second kappa shape index (κ2) is 1.86. The molecule has 2 rings (SSSR count).